The number of hydrogen-bond donors (Lipinski definition) is 1. The molecule has 0 fully saturated rings. The largest absolute Gasteiger partial charge is 0.378 e. The summed E-state index contributed by atoms with van der Waals surface area (Å²) in [5, 5.41) is 7.72. The number of aryl methyl sites for hydroxylation is 1. The Morgan fingerprint density at radius 2 is 1.79 bits per heavy atom. The summed E-state index contributed by atoms with van der Waals surface area (Å²) in [6, 6.07) is 16.5. The van der Waals surface area contributed by atoms with Crippen LogP contribution in [0.2, 0.25) is 0 Å². The van der Waals surface area contributed by atoms with E-state index in [4.69, 9.17) is 0 Å². The molecule has 5 heteroatoms. The van der Waals surface area contributed by atoms with Gasteiger partial charge in [-0.25, -0.2) is 4.68 Å². The first-order chi connectivity index (χ1) is 13.5. The third-order valence-electron chi connectivity index (χ3n) is 5.33. The third kappa shape index (κ3) is 3.52. The number of nitrogens with zero attached hydrogens (tertiary/aromatic N) is 3. The Kier molecular flexibility index (Phi) is 4.90. The lowest BCUT2D eigenvalue weighted by Crippen LogP contribution is -2.24. The van der Waals surface area contributed by atoms with Crippen LogP contribution in [0.4, 0.5) is 5.69 Å². The summed E-state index contributed by atoms with van der Waals surface area (Å²) in [7, 11) is 4.03. The summed E-state index contributed by atoms with van der Waals surface area (Å²) in [6.45, 7) is 2.57. The predicted octanol–water partition coefficient (Wildman–Crippen LogP) is 3.67. The summed E-state index contributed by atoms with van der Waals surface area (Å²) >= 11 is 0. The van der Waals surface area contributed by atoms with Crippen molar-refractivity contribution in [2.45, 2.75) is 32.7 Å². The topological polar surface area (TPSA) is 50.2 Å². The van der Waals surface area contributed by atoms with E-state index in [-0.39, 0.29) is 5.91 Å². The van der Waals surface area contributed by atoms with Crippen molar-refractivity contribution >= 4 is 11.6 Å². The van der Waals surface area contributed by atoms with E-state index >= 15 is 0 Å². The second kappa shape index (κ2) is 7.50. The van der Waals surface area contributed by atoms with Crippen LogP contribution in [-0.4, -0.2) is 29.8 Å². The summed E-state index contributed by atoms with van der Waals surface area (Å²) < 4.78 is 1.95. The van der Waals surface area contributed by atoms with Gasteiger partial charge in [-0.3, -0.25) is 4.79 Å². The van der Waals surface area contributed by atoms with Gasteiger partial charge in [-0.2, -0.15) is 5.10 Å². The molecular formula is C23H26N4O. The maximum Gasteiger partial charge on any atom is 0.272 e. The minimum Gasteiger partial charge on any atom is -0.378 e. The highest BCUT2D eigenvalue weighted by molar-refractivity contribution is 5.94. The van der Waals surface area contributed by atoms with Gasteiger partial charge in [0.25, 0.3) is 5.91 Å². The van der Waals surface area contributed by atoms with Gasteiger partial charge in [-0.15, -0.1) is 0 Å². The zero-order valence-corrected chi connectivity index (χ0v) is 16.7. The Morgan fingerprint density at radius 3 is 2.46 bits per heavy atom. The molecule has 144 valence electrons. The first-order valence-electron chi connectivity index (χ1n) is 9.75. The maximum absolute atomic E-state index is 12.9. The maximum atomic E-state index is 12.9. The number of rotatable bonds is 5. The lowest BCUT2D eigenvalue weighted by Gasteiger charge is -2.12. The van der Waals surface area contributed by atoms with Crippen molar-refractivity contribution in [3.63, 3.8) is 0 Å². The Morgan fingerprint density at radius 1 is 1.07 bits per heavy atom. The summed E-state index contributed by atoms with van der Waals surface area (Å²) in [6.07, 6.45) is 2.96. The van der Waals surface area contributed by atoms with Crippen molar-refractivity contribution in [1.29, 1.82) is 0 Å². The summed E-state index contributed by atoms with van der Waals surface area (Å²) in [5.41, 5.74) is 7.29. The number of nitrogens with one attached hydrogen (secondary N) is 1. The van der Waals surface area contributed by atoms with E-state index in [1.165, 1.54) is 11.3 Å². The Bertz CT molecular complexity index is 985. The lowest BCUT2D eigenvalue weighted by atomic mass is 10.1. The number of fused-ring (bicyclic) bond motifs is 1. The quantitative estimate of drug-likeness (QED) is 0.741. The number of aromatic nitrogens is 2. The molecular weight excluding hydrogens is 348 g/mol. The van der Waals surface area contributed by atoms with E-state index in [1.807, 2.05) is 30.9 Å². The molecule has 0 radical (unpaired) electrons. The molecule has 28 heavy (non-hydrogen) atoms. The van der Waals surface area contributed by atoms with Crippen LogP contribution >= 0.6 is 0 Å². The lowest BCUT2D eigenvalue weighted by molar-refractivity contribution is 0.0944. The van der Waals surface area contributed by atoms with Crippen LogP contribution in [0.15, 0.2) is 48.5 Å². The number of carbonyl (C=O) groups excluding carboxylic acids is 1. The van der Waals surface area contributed by atoms with Gasteiger partial charge in [-0.05, 0) is 56.0 Å². The van der Waals surface area contributed by atoms with Gasteiger partial charge in [0.1, 0.15) is 0 Å². The van der Waals surface area contributed by atoms with Crippen molar-refractivity contribution in [3.05, 3.63) is 76.6 Å². The number of carbonyl (C=O) groups is 1. The minimum absolute atomic E-state index is 0.0966. The Hall–Kier alpha value is -3.08. The normalized spacial score (nSPS) is 12.7. The molecule has 2 aromatic carbocycles. The van der Waals surface area contributed by atoms with E-state index in [0.29, 0.717) is 12.2 Å². The van der Waals surface area contributed by atoms with Crippen LogP contribution < -0.4 is 10.2 Å². The zero-order chi connectivity index (χ0) is 19.7. The highest BCUT2D eigenvalue weighted by Crippen LogP contribution is 2.28. The number of hydrogen-bond acceptors (Lipinski definition) is 3. The Labute approximate surface area is 166 Å². The van der Waals surface area contributed by atoms with Gasteiger partial charge in [0.05, 0.1) is 5.69 Å². The smallest absolute Gasteiger partial charge is 0.272 e. The van der Waals surface area contributed by atoms with Gasteiger partial charge in [0.15, 0.2) is 5.69 Å². The molecule has 1 aromatic heterocycles. The molecule has 1 heterocycles. The molecule has 0 saturated heterocycles. The fourth-order valence-electron chi connectivity index (χ4n) is 3.70. The fraction of sp³-hybridized carbons (Fsp3) is 0.304. The second-order valence-electron chi connectivity index (χ2n) is 7.62. The molecule has 0 unspecified atom stereocenters. The SMILES string of the molecule is Cc1ccc(-n2nc(C(=O)NCc3ccc(N(C)C)cc3)c3c2CCC3)cc1. The first-order valence-corrected chi connectivity index (χ1v) is 9.75. The van der Waals surface area contributed by atoms with Crippen LogP contribution in [-0.2, 0) is 19.4 Å². The standard InChI is InChI=1S/C23H26N4O/c1-16-7-11-19(12-8-16)27-21-6-4-5-20(21)22(25-27)23(28)24-15-17-9-13-18(14-10-17)26(2)3/h7-14H,4-6,15H2,1-3H3,(H,24,28). The molecule has 4 rings (SSSR count). The van der Waals surface area contributed by atoms with E-state index in [2.05, 4.69) is 58.6 Å². The highest BCUT2D eigenvalue weighted by Gasteiger charge is 2.26. The molecule has 0 aliphatic heterocycles. The molecule has 1 aliphatic carbocycles. The van der Waals surface area contributed by atoms with Gasteiger partial charge < -0.3 is 10.2 Å². The van der Waals surface area contributed by atoms with Crippen molar-refractivity contribution in [3.8, 4) is 5.69 Å². The van der Waals surface area contributed by atoms with Gasteiger partial charge >= 0.3 is 0 Å². The predicted molar refractivity (Wildman–Crippen MR) is 112 cm³/mol. The third-order valence-corrected chi connectivity index (χ3v) is 5.33. The number of benzene rings is 2. The highest BCUT2D eigenvalue weighted by atomic mass is 16.1. The second-order valence-corrected chi connectivity index (χ2v) is 7.62. The average molecular weight is 374 g/mol. The van der Waals surface area contributed by atoms with Crippen LogP contribution in [0.25, 0.3) is 5.69 Å². The molecule has 1 amide bonds. The molecule has 0 atom stereocenters. The van der Waals surface area contributed by atoms with Crippen LogP contribution in [0.1, 0.15) is 39.3 Å². The molecule has 5 nitrogen and oxygen atoms in total. The van der Waals surface area contributed by atoms with Crippen LogP contribution in [0.3, 0.4) is 0 Å². The average Bonchev–Trinajstić information content (AvgIpc) is 3.30. The molecule has 0 spiro atoms. The van der Waals surface area contributed by atoms with E-state index < -0.39 is 0 Å². The van der Waals surface area contributed by atoms with E-state index in [1.54, 1.807) is 0 Å². The minimum atomic E-state index is -0.0966. The van der Waals surface area contributed by atoms with E-state index in [9.17, 15) is 4.79 Å². The van der Waals surface area contributed by atoms with Crippen molar-refractivity contribution in [2.75, 3.05) is 19.0 Å². The monoisotopic (exact) mass is 374 g/mol. The fourth-order valence-corrected chi connectivity index (χ4v) is 3.70. The molecule has 1 N–H and O–H groups in total. The van der Waals surface area contributed by atoms with E-state index in [0.717, 1.165) is 41.8 Å². The van der Waals surface area contributed by atoms with Crippen LogP contribution in [0, 0.1) is 6.92 Å². The molecule has 0 saturated carbocycles. The molecule has 3 aromatic rings. The molecule has 1 aliphatic rings. The van der Waals surface area contributed by atoms with Crippen molar-refractivity contribution < 1.29 is 4.79 Å². The van der Waals surface area contributed by atoms with Gasteiger partial charge in [0.2, 0.25) is 0 Å². The summed E-state index contributed by atoms with van der Waals surface area (Å²) in [4.78, 5) is 14.9. The van der Waals surface area contributed by atoms with Crippen molar-refractivity contribution in [2.24, 2.45) is 0 Å². The first kappa shape index (κ1) is 18.3. The molecule has 0 bridgehead atoms. The Balaban J connectivity index is 1.53. The van der Waals surface area contributed by atoms with Gasteiger partial charge in [-0.1, -0.05) is 29.8 Å². The van der Waals surface area contributed by atoms with Gasteiger partial charge in [0, 0.05) is 37.6 Å². The van der Waals surface area contributed by atoms with Crippen molar-refractivity contribution in [1.82, 2.24) is 15.1 Å². The summed E-state index contributed by atoms with van der Waals surface area (Å²) in [5.74, 6) is -0.0966. The number of anilines is 1. The number of amides is 1. The zero-order valence-electron chi connectivity index (χ0n) is 16.7. The van der Waals surface area contributed by atoms with Crippen LogP contribution in [0.5, 0.6) is 0 Å².